The molecule has 1 aromatic carbocycles. The number of aromatic nitrogens is 1. The molecule has 0 radical (unpaired) electrons. The van der Waals surface area contributed by atoms with Crippen LogP contribution in [0, 0.1) is 6.92 Å². The molecule has 0 bridgehead atoms. The Morgan fingerprint density at radius 3 is 2.87 bits per heavy atom. The van der Waals surface area contributed by atoms with Gasteiger partial charge in [-0.1, -0.05) is 0 Å². The summed E-state index contributed by atoms with van der Waals surface area (Å²) in [6.07, 6.45) is 1.58. The summed E-state index contributed by atoms with van der Waals surface area (Å²) < 4.78 is 0. The first-order chi connectivity index (χ1) is 7.18. The summed E-state index contributed by atoms with van der Waals surface area (Å²) in [5.74, 6) is 0.000556. The lowest BCUT2D eigenvalue weighted by atomic mass is 10.1. The van der Waals surface area contributed by atoms with Crippen molar-refractivity contribution in [3.05, 3.63) is 45.9 Å². The van der Waals surface area contributed by atoms with Gasteiger partial charge in [0.25, 0.3) is 0 Å². The maximum absolute atomic E-state index is 11.9. The molecule has 0 saturated heterocycles. The van der Waals surface area contributed by atoms with Crippen molar-refractivity contribution in [2.45, 2.75) is 6.92 Å². The summed E-state index contributed by atoms with van der Waals surface area (Å²) in [6, 6.07) is 5.30. The smallest absolute Gasteiger partial charge is 0.204 e. The molecule has 0 unspecified atom stereocenters. The van der Waals surface area contributed by atoms with Gasteiger partial charge in [-0.2, -0.15) is 0 Å². The van der Waals surface area contributed by atoms with Crippen molar-refractivity contribution in [1.82, 2.24) is 4.98 Å². The van der Waals surface area contributed by atoms with Crippen molar-refractivity contribution in [1.29, 1.82) is 0 Å². The molecule has 3 nitrogen and oxygen atoms in total. The van der Waals surface area contributed by atoms with Crippen LogP contribution in [0.15, 0.2) is 29.9 Å². The van der Waals surface area contributed by atoms with Gasteiger partial charge in [0, 0.05) is 17.4 Å². The molecule has 2 aromatic rings. The molecule has 0 amide bonds. The van der Waals surface area contributed by atoms with Crippen LogP contribution in [0.3, 0.4) is 0 Å². The molecule has 76 valence electrons. The lowest BCUT2D eigenvalue weighted by Gasteiger charge is -2.02. The zero-order valence-electron chi connectivity index (χ0n) is 8.23. The van der Waals surface area contributed by atoms with Gasteiger partial charge in [-0.05, 0) is 30.7 Å². The maximum atomic E-state index is 11.9. The van der Waals surface area contributed by atoms with Gasteiger partial charge in [-0.3, -0.25) is 9.78 Å². The van der Waals surface area contributed by atoms with E-state index in [-0.39, 0.29) is 5.78 Å². The Balaban J connectivity index is 2.39. The first-order valence-electron chi connectivity index (χ1n) is 4.48. The molecule has 15 heavy (non-hydrogen) atoms. The second-order valence-corrected chi connectivity index (χ2v) is 4.15. The van der Waals surface area contributed by atoms with Gasteiger partial charge in [0.2, 0.25) is 5.78 Å². The molecule has 1 aromatic heterocycles. The third-order valence-electron chi connectivity index (χ3n) is 2.19. The van der Waals surface area contributed by atoms with Crippen molar-refractivity contribution in [3.63, 3.8) is 0 Å². The van der Waals surface area contributed by atoms with Gasteiger partial charge in [0.15, 0.2) is 0 Å². The minimum Gasteiger partial charge on any atom is -0.399 e. The zero-order chi connectivity index (χ0) is 10.8. The lowest BCUT2D eigenvalue weighted by Crippen LogP contribution is -2.00. The Hall–Kier alpha value is -1.68. The highest BCUT2D eigenvalue weighted by Crippen LogP contribution is 2.17. The zero-order valence-corrected chi connectivity index (χ0v) is 9.04. The molecule has 4 heteroatoms. The average Bonchev–Trinajstić information content (AvgIpc) is 2.74. The second-order valence-electron chi connectivity index (χ2n) is 3.27. The molecule has 0 fully saturated rings. The summed E-state index contributed by atoms with van der Waals surface area (Å²) in [7, 11) is 0. The van der Waals surface area contributed by atoms with E-state index in [0.29, 0.717) is 16.1 Å². The fourth-order valence-electron chi connectivity index (χ4n) is 1.29. The highest BCUT2D eigenvalue weighted by molar-refractivity contribution is 7.11. The number of benzene rings is 1. The highest BCUT2D eigenvalue weighted by atomic mass is 32.1. The van der Waals surface area contributed by atoms with E-state index in [2.05, 4.69) is 4.98 Å². The number of nitrogen functional groups attached to an aromatic ring is 1. The van der Waals surface area contributed by atoms with E-state index < -0.39 is 0 Å². The number of ketones is 1. The van der Waals surface area contributed by atoms with E-state index in [1.54, 1.807) is 29.9 Å². The van der Waals surface area contributed by atoms with E-state index in [0.717, 1.165) is 5.56 Å². The maximum Gasteiger partial charge on any atom is 0.204 e. The number of aryl methyl sites for hydroxylation is 1. The number of rotatable bonds is 2. The molecule has 2 rings (SSSR count). The van der Waals surface area contributed by atoms with Crippen LogP contribution in [-0.2, 0) is 0 Å². The van der Waals surface area contributed by atoms with Crippen molar-refractivity contribution in [2.24, 2.45) is 0 Å². The minimum atomic E-state index is 0.000556. The summed E-state index contributed by atoms with van der Waals surface area (Å²) in [5.41, 5.74) is 9.62. The highest BCUT2D eigenvalue weighted by Gasteiger charge is 2.10. The van der Waals surface area contributed by atoms with Gasteiger partial charge >= 0.3 is 0 Å². The number of anilines is 1. The van der Waals surface area contributed by atoms with Gasteiger partial charge in [-0.25, -0.2) is 0 Å². The lowest BCUT2D eigenvalue weighted by molar-refractivity contribution is 0.104. The Labute approximate surface area is 91.6 Å². The van der Waals surface area contributed by atoms with Crippen LogP contribution in [0.5, 0.6) is 0 Å². The molecule has 0 aliphatic carbocycles. The van der Waals surface area contributed by atoms with E-state index in [1.165, 1.54) is 11.3 Å². The van der Waals surface area contributed by atoms with E-state index in [9.17, 15) is 4.79 Å². The van der Waals surface area contributed by atoms with Crippen molar-refractivity contribution >= 4 is 22.8 Å². The van der Waals surface area contributed by atoms with Crippen LogP contribution < -0.4 is 5.73 Å². The Kier molecular flexibility index (Phi) is 2.51. The number of nitrogens with zero attached hydrogens (tertiary/aromatic N) is 1. The average molecular weight is 218 g/mol. The molecule has 0 aliphatic heterocycles. The standard InChI is InChI=1S/C11H10N2OS/c1-7-4-8(2-3-9(7)12)11(14)10-5-13-6-15-10/h2-6H,12H2,1H3. The minimum absolute atomic E-state index is 0.000556. The summed E-state index contributed by atoms with van der Waals surface area (Å²) in [4.78, 5) is 16.4. The van der Waals surface area contributed by atoms with Gasteiger partial charge < -0.3 is 5.73 Å². The molecule has 0 aliphatic rings. The molecule has 2 N–H and O–H groups in total. The number of carbonyl (C=O) groups excluding carboxylic acids is 1. The van der Waals surface area contributed by atoms with Crippen molar-refractivity contribution < 1.29 is 4.79 Å². The van der Waals surface area contributed by atoms with E-state index in [4.69, 9.17) is 5.73 Å². The van der Waals surface area contributed by atoms with Crippen LogP contribution in [0.2, 0.25) is 0 Å². The quantitative estimate of drug-likeness (QED) is 0.621. The molecule has 0 atom stereocenters. The number of carbonyl (C=O) groups is 1. The Morgan fingerprint density at radius 1 is 1.47 bits per heavy atom. The van der Waals surface area contributed by atoms with Crippen LogP contribution in [0.4, 0.5) is 5.69 Å². The number of nitrogens with two attached hydrogens (primary N) is 1. The Morgan fingerprint density at radius 2 is 2.27 bits per heavy atom. The molecule has 0 saturated carbocycles. The normalized spacial score (nSPS) is 10.2. The van der Waals surface area contributed by atoms with E-state index in [1.807, 2.05) is 6.92 Å². The SMILES string of the molecule is Cc1cc(C(=O)c2cncs2)ccc1N. The van der Waals surface area contributed by atoms with Crippen LogP contribution in [-0.4, -0.2) is 10.8 Å². The first-order valence-corrected chi connectivity index (χ1v) is 5.36. The summed E-state index contributed by atoms with van der Waals surface area (Å²) in [5, 5.41) is 0. The predicted octanol–water partition coefficient (Wildman–Crippen LogP) is 2.26. The predicted molar refractivity (Wildman–Crippen MR) is 61.1 cm³/mol. The monoisotopic (exact) mass is 218 g/mol. The first kappa shape index (κ1) is 9.86. The van der Waals surface area contributed by atoms with E-state index >= 15 is 0 Å². The third kappa shape index (κ3) is 1.89. The van der Waals surface area contributed by atoms with Gasteiger partial charge in [-0.15, -0.1) is 11.3 Å². The number of thiazole rings is 1. The largest absolute Gasteiger partial charge is 0.399 e. The van der Waals surface area contributed by atoms with Gasteiger partial charge in [0.05, 0.1) is 10.4 Å². The topological polar surface area (TPSA) is 56.0 Å². The fourth-order valence-corrected chi connectivity index (χ4v) is 1.87. The van der Waals surface area contributed by atoms with Crippen LogP contribution in [0.25, 0.3) is 0 Å². The van der Waals surface area contributed by atoms with Crippen molar-refractivity contribution in [3.8, 4) is 0 Å². The second kappa shape index (κ2) is 3.82. The fraction of sp³-hybridized carbons (Fsp3) is 0.0909. The van der Waals surface area contributed by atoms with Crippen molar-refractivity contribution in [2.75, 3.05) is 5.73 Å². The summed E-state index contributed by atoms with van der Waals surface area (Å²) in [6.45, 7) is 1.89. The van der Waals surface area contributed by atoms with Gasteiger partial charge in [0.1, 0.15) is 0 Å². The molecular formula is C11H10N2OS. The van der Waals surface area contributed by atoms with Crippen LogP contribution in [0.1, 0.15) is 20.8 Å². The molecule has 1 heterocycles. The number of hydrogen-bond donors (Lipinski definition) is 1. The number of hydrogen-bond acceptors (Lipinski definition) is 4. The Bertz CT molecular complexity index is 491. The summed E-state index contributed by atoms with van der Waals surface area (Å²) >= 11 is 1.34. The molecular weight excluding hydrogens is 208 g/mol. The third-order valence-corrected chi connectivity index (χ3v) is 2.96. The molecule has 0 spiro atoms. The van der Waals surface area contributed by atoms with Crippen LogP contribution >= 0.6 is 11.3 Å².